The smallest absolute Gasteiger partial charge is 0.0556 e. The van der Waals surface area contributed by atoms with E-state index in [-0.39, 0.29) is 0 Å². The third-order valence-corrected chi connectivity index (χ3v) is 1.88. The molecule has 0 saturated heterocycles. The van der Waals surface area contributed by atoms with Crippen LogP contribution in [0.25, 0.3) is 0 Å². The van der Waals surface area contributed by atoms with Crippen LogP contribution in [0.4, 0.5) is 5.69 Å². The van der Waals surface area contributed by atoms with Gasteiger partial charge in [-0.2, -0.15) is 0 Å². The summed E-state index contributed by atoms with van der Waals surface area (Å²) in [6.45, 7) is 5.33. The van der Waals surface area contributed by atoms with E-state index in [4.69, 9.17) is 0 Å². The lowest BCUT2D eigenvalue weighted by atomic mass is 10.2. The number of pyridine rings is 1. The van der Waals surface area contributed by atoms with Crippen LogP contribution in [-0.4, -0.2) is 11.5 Å². The van der Waals surface area contributed by atoms with E-state index in [1.165, 1.54) is 18.4 Å². The Morgan fingerprint density at radius 2 is 2.33 bits per heavy atom. The van der Waals surface area contributed by atoms with Gasteiger partial charge in [0, 0.05) is 12.7 Å². The Morgan fingerprint density at radius 3 is 3.00 bits per heavy atom. The maximum atomic E-state index is 4.06. The summed E-state index contributed by atoms with van der Waals surface area (Å²) >= 11 is 0. The fourth-order valence-corrected chi connectivity index (χ4v) is 1.05. The molecule has 2 heteroatoms. The van der Waals surface area contributed by atoms with E-state index in [0.29, 0.717) is 0 Å². The Hall–Kier alpha value is -1.05. The second kappa shape index (κ2) is 4.75. The van der Waals surface area contributed by atoms with Crippen molar-refractivity contribution in [2.45, 2.75) is 26.7 Å². The first-order valence-electron chi connectivity index (χ1n) is 4.49. The van der Waals surface area contributed by atoms with E-state index < -0.39 is 0 Å². The van der Waals surface area contributed by atoms with Crippen molar-refractivity contribution in [1.29, 1.82) is 0 Å². The van der Waals surface area contributed by atoms with Crippen LogP contribution in [0.3, 0.4) is 0 Å². The SMILES string of the molecule is CCCCNc1cnccc1C. The van der Waals surface area contributed by atoms with Crippen molar-refractivity contribution >= 4 is 5.69 Å². The Morgan fingerprint density at radius 1 is 1.50 bits per heavy atom. The van der Waals surface area contributed by atoms with Crippen LogP contribution in [0, 0.1) is 6.92 Å². The Labute approximate surface area is 74.0 Å². The van der Waals surface area contributed by atoms with E-state index in [9.17, 15) is 0 Å². The van der Waals surface area contributed by atoms with Crippen molar-refractivity contribution < 1.29 is 0 Å². The van der Waals surface area contributed by atoms with Gasteiger partial charge >= 0.3 is 0 Å². The third kappa shape index (κ3) is 2.53. The summed E-state index contributed by atoms with van der Waals surface area (Å²) in [5, 5.41) is 3.35. The molecule has 66 valence electrons. The van der Waals surface area contributed by atoms with Gasteiger partial charge in [0.25, 0.3) is 0 Å². The number of hydrogen-bond acceptors (Lipinski definition) is 2. The standard InChI is InChI=1S/C10H16N2/c1-3-4-6-12-10-8-11-7-5-9(10)2/h5,7-8,12H,3-4,6H2,1-2H3. The minimum absolute atomic E-state index is 1.04. The largest absolute Gasteiger partial charge is 0.384 e. The van der Waals surface area contributed by atoms with Gasteiger partial charge in [0.15, 0.2) is 0 Å². The van der Waals surface area contributed by atoms with Gasteiger partial charge < -0.3 is 5.32 Å². The van der Waals surface area contributed by atoms with Crippen LogP contribution < -0.4 is 5.32 Å². The highest BCUT2D eigenvalue weighted by Gasteiger charge is 1.94. The van der Waals surface area contributed by atoms with E-state index in [0.717, 1.165) is 12.2 Å². The molecule has 0 saturated carbocycles. The quantitative estimate of drug-likeness (QED) is 0.692. The van der Waals surface area contributed by atoms with E-state index >= 15 is 0 Å². The fourth-order valence-electron chi connectivity index (χ4n) is 1.05. The Bertz CT molecular complexity index is 233. The molecule has 1 rings (SSSR count). The summed E-state index contributed by atoms with van der Waals surface area (Å²) in [7, 11) is 0. The van der Waals surface area contributed by atoms with Crippen molar-refractivity contribution in [3.63, 3.8) is 0 Å². The summed E-state index contributed by atoms with van der Waals surface area (Å²) < 4.78 is 0. The highest BCUT2D eigenvalue weighted by molar-refractivity contribution is 5.47. The van der Waals surface area contributed by atoms with Gasteiger partial charge in [-0.15, -0.1) is 0 Å². The average molecular weight is 164 g/mol. The molecule has 0 atom stereocenters. The number of aromatic nitrogens is 1. The predicted octanol–water partition coefficient (Wildman–Crippen LogP) is 2.60. The van der Waals surface area contributed by atoms with Crippen LogP contribution in [-0.2, 0) is 0 Å². The van der Waals surface area contributed by atoms with Gasteiger partial charge in [-0.1, -0.05) is 13.3 Å². The molecular formula is C10H16N2. The monoisotopic (exact) mass is 164 g/mol. The van der Waals surface area contributed by atoms with Gasteiger partial charge in [-0.05, 0) is 25.0 Å². The lowest BCUT2D eigenvalue weighted by Crippen LogP contribution is -2.02. The highest BCUT2D eigenvalue weighted by atomic mass is 14.9. The lowest BCUT2D eigenvalue weighted by molar-refractivity contribution is 0.833. The first kappa shape index (κ1) is 9.04. The van der Waals surface area contributed by atoms with Gasteiger partial charge in [-0.25, -0.2) is 0 Å². The van der Waals surface area contributed by atoms with Crippen molar-refractivity contribution in [2.24, 2.45) is 0 Å². The summed E-state index contributed by atoms with van der Waals surface area (Å²) in [5.41, 5.74) is 2.42. The molecule has 1 N–H and O–H groups in total. The molecule has 12 heavy (non-hydrogen) atoms. The first-order chi connectivity index (χ1) is 5.84. The van der Waals surface area contributed by atoms with Gasteiger partial charge in [0.05, 0.1) is 11.9 Å². The first-order valence-corrected chi connectivity index (χ1v) is 4.49. The molecule has 1 aromatic heterocycles. The van der Waals surface area contributed by atoms with E-state index in [2.05, 4.69) is 24.1 Å². The maximum Gasteiger partial charge on any atom is 0.0556 e. The summed E-state index contributed by atoms with van der Waals surface area (Å²) in [4.78, 5) is 4.06. The molecule has 0 fully saturated rings. The van der Waals surface area contributed by atoms with Crippen molar-refractivity contribution in [2.75, 3.05) is 11.9 Å². The lowest BCUT2D eigenvalue weighted by Gasteiger charge is -2.06. The zero-order chi connectivity index (χ0) is 8.81. The zero-order valence-electron chi connectivity index (χ0n) is 7.80. The molecule has 0 spiro atoms. The molecule has 1 heterocycles. The number of anilines is 1. The minimum Gasteiger partial charge on any atom is -0.384 e. The second-order valence-electron chi connectivity index (χ2n) is 2.97. The molecule has 0 aromatic carbocycles. The fraction of sp³-hybridized carbons (Fsp3) is 0.500. The molecule has 0 amide bonds. The molecule has 0 aliphatic heterocycles. The molecular weight excluding hydrogens is 148 g/mol. The van der Waals surface area contributed by atoms with Crippen molar-refractivity contribution in [1.82, 2.24) is 4.98 Å². The molecule has 0 aliphatic rings. The number of nitrogens with one attached hydrogen (secondary N) is 1. The number of hydrogen-bond donors (Lipinski definition) is 1. The number of aryl methyl sites for hydroxylation is 1. The molecule has 1 aromatic rings. The second-order valence-corrected chi connectivity index (χ2v) is 2.97. The molecule has 0 unspecified atom stereocenters. The van der Waals surface area contributed by atoms with Gasteiger partial charge in [-0.3, -0.25) is 4.98 Å². The summed E-state index contributed by atoms with van der Waals surface area (Å²) in [6.07, 6.45) is 6.14. The molecule has 0 bridgehead atoms. The van der Waals surface area contributed by atoms with Crippen LogP contribution >= 0.6 is 0 Å². The van der Waals surface area contributed by atoms with Crippen LogP contribution in [0.15, 0.2) is 18.5 Å². The average Bonchev–Trinajstić information content (AvgIpc) is 2.09. The normalized spacial score (nSPS) is 9.83. The number of rotatable bonds is 4. The molecule has 0 aliphatic carbocycles. The van der Waals surface area contributed by atoms with Crippen molar-refractivity contribution in [3.05, 3.63) is 24.0 Å². The Kier molecular flexibility index (Phi) is 3.58. The van der Waals surface area contributed by atoms with Gasteiger partial charge in [0.1, 0.15) is 0 Å². The number of nitrogens with zero attached hydrogens (tertiary/aromatic N) is 1. The minimum atomic E-state index is 1.04. The van der Waals surface area contributed by atoms with Crippen LogP contribution in [0.5, 0.6) is 0 Å². The Balaban J connectivity index is 2.46. The zero-order valence-corrected chi connectivity index (χ0v) is 7.80. The predicted molar refractivity (Wildman–Crippen MR) is 52.4 cm³/mol. The molecule has 2 nitrogen and oxygen atoms in total. The maximum absolute atomic E-state index is 4.06. The molecule has 0 radical (unpaired) electrons. The van der Waals surface area contributed by atoms with E-state index in [1.54, 1.807) is 0 Å². The van der Waals surface area contributed by atoms with Crippen molar-refractivity contribution in [3.8, 4) is 0 Å². The number of unbranched alkanes of at least 4 members (excludes halogenated alkanes) is 1. The summed E-state index contributed by atoms with van der Waals surface area (Å²) in [5.74, 6) is 0. The van der Waals surface area contributed by atoms with Gasteiger partial charge in [0.2, 0.25) is 0 Å². The third-order valence-electron chi connectivity index (χ3n) is 1.88. The van der Waals surface area contributed by atoms with Crippen LogP contribution in [0.1, 0.15) is 25.3 Å². The van der Waals surface area contributed by atoms with E-state index in [1.807, 2.05) is 18.5 Å². The topological polar surface area (TPSA) is 24.9 Å². The highest BCUT2D eigenvalue weighted by Crippen LogP contribution is 2.10. The summed E-state index contributed by atoms with van der Waals surface area (Å²) in [6, 6.07) is 2.02. The van der Waals surface area contributed by atoms with Crippen LogP contribution in [0.2, 0.25) is 0 Å².